The summed E-state index contributed by atoms with van der Waals surface area (Å²) in [6.45, 7) is 4.95. The van der Waals surface area contributed by atoms with Gasteiger partial charge in [-0.1, -0.05) is 23.9 Å². The Kier molecular flexibility index (Phi) is 6.84. The lowest BCUT2D eigenvalue weighted by Crippen LogP contribution is -2.34. The van der Waals surface area contributed by atoms with Crippen LogP contribution in [0.25, 0.3) is 10.2 Å². The van der Waals surface area contributed by atoms with Gasteiger partial charge >= 0.3 is 5.97 Å². The molecule has 31 heavy (non-hydrogen) atoms. The topological polar surface area (TPSA) is 90.4 Å². The molecule has 0 radical (unpaired) electrons. The van der Waals surface area contributed by atoms with E-state index >= 15 is 0 Å². The van der Waals surface area contributed by atoms with Crippen molar-refractivity contribution >= 4 is 45.2 Å². The number of aryl methyl sites for hydroxylation is 2. The molecule has 9 heteroatoms. The molecule has 1 N–H and O–H groups in total. The van der Waals surface area contributed by atoms with Crippen LogP contribution in [0.5, 0.6) is 0 Å². The van der Waals surface area contributed by atoms with E-state index in [-0.39, 0.29) is 18.6 Å². The van der Waals surface area contributed by atoms with Crippen LogP contribution in [0.4, 0.5) is 0 Å². The Morgan fingerprint density at radius 3 is 2.94 bits per heavy atom. The molecule has 3 heterocycles. The van der Waals surface area contributed by atoms with E-state index in [2.05, 4.69) is 29.1 Å². The minimum Gasteiger partial charge on any atom is -0.452 e. The first-order valence-electron chi connectivity index (χ1n) is 10.1. The number of thiophene rings is 1. The van der Waals surface area contributed by atoms with Gasteiger partial charge in [-0.3, -0.25) is 4.79 Å². The van der Waals surface area contributed by atoms with Gasteiger partial charge in [0.25, 0.3) is 5.91 Å². The summed E-state index contributed by atoms with van der Waals surface area (Å²) in [4.78, 5) is 36.4. The normalized spacial score (nSPS) is 15.9. The minimum absolute atomic E-state index is 0.0469. The van der Waals surface area contributed by atoms with Gasteiger partial charge in [-0.25, -0.2) is 14.8 Å². The highest BCUT2D eigenvalue weighted by molar-refractivity contribution is 7.99. The molecule has 7 nitrogen and oxygen atoms in total. The third-order valence-corrected chi connectivity index (χ3v) is 7.32. The first-order chi connectivity index (χ1) is 15.0. The first-order valence-corrected chi connectivity index (χ1v) is 11.7. The third kappa shape index (κ3) is 5.06. The summed E-state index contributed by atoms with van der Waals surface area (Å²) in [6, 6.07) is 7.17. The second-order valence-corrected chi connectivity index (χ2v) is 9.49. The predicted octanol–water partition coefficient (Wildman–Crippen LogP) is 3.91. The van der Waals surface area contributed by atoms with Crippen molar-refractivity contribution in [3.05, 3.63) is 46.6 Å². The summed E-state index contributed by atoms with van der Waals surface area (Å²) < 4.78 is 10.7. The summed E-state index contributed by atoms with van der Waals surface area (Å²) in [5.74, 6) is -0.880. The van der Waals surface area contributed by atoms with E-state index in [1.54, 1.807) is 29.8 Å². The Bertz CT molecular complexity index is 1110. The van der Waals surface area contributed by atoms with Gasteiger partial charge in [0.2, 0.25) is 0 Å². The molecule has 2 aromatic heterocycles. The number of aromatic nitrogens is 2. The van der Waals surface area contributed by atoms with Gasteiger partial charge in [0, 0.05) is 28.3 Å². The van der Waals surface area contributed by atoms with E-state index in [9.17, 15) is 9.59 Å². The fraction of sp³-hybridized carbons (Fsp3) is 0.364. The van der Waals surface area contributed by atoms with Crippen LogP contribution in [0.15, 0.2) is 40.5 Å². The van der Waals surface area contributed by atoms with Crippen LogP contribution in [-0.4, -0.2) is 47.7 Å². The molecular formula is C22H23N3O4S2. The maximum atomic E-state index is 12.7. The molecule has 0 bridgehead atoms. The highest BCUT2D eigenvalue weighted by atomic mass is 32.2. The van der Waals surface area contributed by atoms with Crippen LogP contribution in [0, 0.1) is 13.8 Å². The molecule has 0 spiro atoms. The van der Waals surface area contributed by atoms with E-state index < -0.39 is 5.97 Å². The van der Waals surface area contributed by atoms with Crippen molar-refractivity contribution in [2.45, 2.75) is 42.7 Å². The Morgan fingerprint density at radius 2 is 2.13 bits per heavy atom. The molecule has 3 aromatic rings. The highest BCUT2D eigenvalue weighted by Gasteiger charge is 2.20. The van der Waals surface area contributed by atoms with E-state index in [1.165, 1.54) is 16.6 Å². The fourth-order valence-electron chi connectivity index (χ4n) is 3.35. The SMILES string of the molecule is Cc1sc2ncnc(Sc3ccccc3C(=O)OCC(=O)NCC3CCCO3)c2c1C. The van der Waals surface area contributed by atoms with Gasteiger partial charge < -0.3 is 14.8 Å². The van der Waals surface area contributed by atoms with Crippen LogP contribution >= 0.6 is 23.1 Å². The molecule has 1 atom stereocenters. The average molecular weight is 458 g/mol. The number of amides is 1. The molecule has 1 fully saturated rings. The van der Waals surface area contributed by atoms with Gasteiger partial charge in [0.15, 0.2) is 6.61 Å². The first kappa shape index (κ1) is 21.7. The lowest BCUT2D eigenvalue weighted by atomic mass is 10.2. The second-order valence-electron chi connectivity index (χ2n) is 7.26. The maximum absolute atomic E-state index is 12.7. The Balaban J connectivity index is 1.44. The molecule has 0 saturated carbocycles. The van der Waals surface area contributed by atoms with Crippen molar-refractivity contribution in [1.29, 1.82) is 0 Å². The smallest absolute Gasteiger partial charge is 0.339 e. The molecule has 1 unspecified atom stereocenters. The van der Waals surface area contributed by atoms with Crippen molar-refractivity contribution < 1.29 is 19.1 Å². The molecule has 4 rings (SSSR count). The van der Waals surface area contributed by atoms with E-state index in [0.29, 0.717) is 12.1 Å². The number of benzene rings is 1. The Hall–Kier alpha value is -2.49. The van der Waals surface area contributed by atoms with Crippen molar-refractivity contribution in [3.63, 3.8) is 0 Å². The number of rotatable bonds is 7. The monoisotopic (exact) mass is 457 g/mol. The number of carbonyl (C=O) groups is 2. The number of nitrogens with one attached hydrogen (secondary N) is 1. The number of carbonyl (C=O) groups excluding carboxylic acids is 2. The van der Waals surface area contributed by atoms with Gasteiger partial charge in [-0.15, -0.1) is 11.3 Å². The summed E-state index contributed by atoms with van der Waals surface area (Å²) in [5, 5.41) is 4.55. The predicted molar refractivity (Wildman–Crippen MR) is 120 cm³/mol. The molecule has 1 aliphatic rings. The summed E-state index contributed by atoms with van der Waals surface area (Å²) in [5.41, 5.74) is 1.54. The van der Waals surface area contributed by atoms with Gasteiger partial charge in [0.1, 0.15) is 16.2 Å². The summed E-state index contributed by atoms with van der Waals surface area (Å²) in [6.07, 6.45) is 3.53. The van der Waals surface area contributed by atoms with Crippen molar-refractivity contribution in [3.8, 4) is 0 Å². The lowest BCUT2D eigenvalue weighted by Gasteiger charge is -2.12. The van der Waals surface area contributed by atoms with Gasteiger partial charge in [-0.05, 0) is 44.4 Å². The average Bonchev–Trinajstić information content (AvgIpc) is 3.39. The Morgan fingerprint density at radius 1 is 1.29 bits per heavy atom. The number of hydrogen-bond donors (Lipinski definition) is 1. The number of esters is 1. The van der Waals surface area contributed by atoms with Crippen LogP contribution in [0.2, 0.25) is 0 Å². The van der Waals surface area contributed by atoms with E-state index in [1.807, 2.05) is 12.1 Å². The molecule has 1 saturated heterocycles. The molecule has 0 aliphatic carbocycles. The van der Waals surface area contributed by atoms with E-state index in [4.69, 9.17) is 9.47 Å². The van der Waals surface area contributed by atoms with Crippen LogP contribution < -0.4 is 5.32 Å². The third-order valence-electron chi connectivity index (χ3n) is 5.13. The molecule has 1 amide bonds. The van der Waals surface area contributed by atoms with Crippen molar-refractivity contribution in [2.75, 3.05) is 19.8 Å². The van der Waals surface area contributed by atoms with Crippen LogP contribution in [-0.2, 0) is 14.3 Å². The number of fused-ring (bicyclic) bond motifs is 1. The molecular weight excluding hydrogens is 434 g/mol. The zero-order valence-corrected chi connectivity index (χ0v) is 19.0. The zero-order chi connectivity index (χ0) is 21.8. The standard InChI is InChI=1S/C22H23N3O4S2/c1-13-14(2)30-20-19(13)21(25-12-24-20)31-17-8-4-3-7-16(17)22(27)29-11-18(26)23-10-15-6-5-9-28-15/h3-4,7-8,12,15H,5-6,9-11H2,1-2H3,(H,23,26). The summed E-state index contributed by atoms with van der Waals surface area (Å²) in [7, 11) is 0. The highest BCUT2D eigenvalue weighted by Crippen LogP contribution is 2.38. The second kappa shape index (κ2) is 9.76. The molecule has 162 valence electrons. The number of nitrogens with zero attached hydrogens (tertiary/aromatic N) is 2. The number of hydrogen-bond acceptors (Lipinski definition) is 8. The van der Waals surface area contributed by atoms with Gasteiger partial charge in [0.05, 0.1) is 11.7 Å². The maximum Gasteiger partial charge on any atom is 0.339 e. The minimum atomic E-state index is -0.543. The largest absolute Gasteiger partial charge is 0.452 e. The fourth-order valence-corrected chi connectivity index (χ4v) is 5.48. The Labute approximate surface area is 188 Å². The molecule has 1 aromatic carbocycles. The quantitative estimate of drug-likeness (QED) is 0.425. The van der Waals surface area contributed by atoms with Crippen molar-refractivity contribution in [1.82, 2.24) is 15.3 Å². The lowest BCUT2D eigenvalue weighted by molar-refractivity contribution is -0.124. The number of ether oxygens (including phenoxy) is 2. The van der Waals surface area contributed by atoms with Gasteiger partial charge in [-0.2, -0.15) is 0 Å². The summed E-state index contributed by atoms with van der Waals surface area (Å²) >= 11 is 3.03. The van der Waals surface area contributed by atoms with Crippen molar-refractivity contribution in [2.24, 2.45) is 0 Å². The van der Waals surface area contributed by atoms with Crippen LogP contribution in [0.3, 0.4) is 0 Å². The zero-order valence-electron chi connectivity index (χ0n) is 17.3. The van der Waals surface area contributed by atoms with E-state index in [0.717, 1.165) is 45.2 Å². The molecule has 1 aliphatic heterocycles. The van der Waals surface area contributed by atoms with Crippen LogP contribution in [0.1, 0.15) is 33.6 Å².